The third kappa shape index (κ3) is 6.64. The highest BCUT2D eigenvalue weighted by Crippen LogP contribution is 2.21. The van der Waals surface area contributed by atoms with Gasteiger partial charge in [0.25, 0.3) is 0 Å². The highest BCUT2D eigenvalue weighted by Gasteiger charge is 2.07. The Morgan fingerprint density at radius 3 is 2.67 bits per heavy atom. The van der Waals surface area contributed by atoms with Crippen LogP contribution in [0.15, 0.2) is 53.6 Å². The fourth-order valence-electron chi connectivity index (χ4n) is 2.52. The van der Waals surface area contributed by atoms with Crippen LogP contribution in [-0.2, 0) is 11.3 Å². The molecule has 0 aliphatic heterocycles. The third-order valence-electron chi connectivity index (χ3n) is 3.92. The lowest BCUT2D eigenvalue weighted by atomic mass is 10.1. The molecule has 0 unspecified atom stereocenters. The molecule has 1 aromatic carbocycles. The Kier molecular flexibility index (Phi) is 7.87. The smallest absolute Gasteiger partial charge is 0.307 e. The molecule has 0 aliphatic rings. The normalized spacial score (nSPS) is 11.0. The van der Waals surface area contributed by atoms with Crippen LogP contribution >= 0.6 is 11.3 Å². The first kappa shape index (κ1) is 21.4. The standard InChI is InChI=1S/C21H23N3O5S/c1-2-27-19-8-5-16(14-22-19)9-10-23-29-12-11-28-17-6-3-15(4-7-17)13-18-20(25)24-21(26)30-18/h3-10,14,23,25H,2,11-13H2,1H3,(H,24,26). The Hall–Kier alpha value is -3.30. The number of nitrogens with zero attached hydrogens (tertiary/aromatic N) is 1. The second-order valence-electron chi connectivity index (χ2n) is 6.12. The fraction of sp³-hybridized carbons (Fsp3) is 0.238. The molecule has 0 saturated carbocycles. The van der Waals surface area contributed by atoms with E-state index in [-0.39, 0.29) is 10.8 Å². The molecule has 0 atom stereocenters. The van der Waals surface area contributed by atoms with Crippen LogP contribution in [0.5, 0.6) is 17.5 Å². The lowest BCUT2D eigenvalue weighted by Gasteiger charge is -2.07. The summed E-state index contributed by atoms with van der Waals surface area (Å²) in [6, 6.07) is 11.2. The number of aromatic nitrogens is 2. The number of rotatable bonds is 11. The summed E-state index contributed by atoms with van der Waals surface area (Å²) >= 11 is 1.01. The largest absolute Gasteiger partial charge is 0.494 e. The number of pyridine rings is 1. The summed E-state index contributed by atoms with van der Waals surface area (Å²) in [6.45, 7) is 3.24. The van der Waals surface area contributed by atoms with E-state index in [0.29, 0.717) is 42.7 Å². The quantitative estimate of drug-likeness (QED) is 0.318. The van der Waals surface area contributed by atoms with Crippen molar-refractivity contribution in [1.82, 2.24) is 15.4 Å². The molecule has 158 valence electrons. The van der Waals surface area contributed by atoms with Gasteiger partial charge in [-0.25, -0.2) is 4.98 Å². The summed E-state index contributed by atoms with van der Waals surface area (Å²) in [5.74, 6) is 1.25. The molecule has 2 heterocycles. The summed E-state index contributed by atoms with van der Waals surface area (Å²) in [4.78, 5) is 23.4. The molecule has 0 fully saturated rings. The second-order valence-corrected chi connectivity index (χ2v) is 7.19. The first-order valence-corrected chi connectivity index (χ1v) is 10.2. The van der Waals surface area contributed by atoms with E-state index in [9.17, 15) is 9.90 Å². The average Bonchev–Trinajstić information content (AvgIpc) is 3.06. The molecule has 2 aromatic heterocycles. The van der Waals surface area contributed by atoms with Gasteiger partial charge in [-0.2, -0.15) is 0 Å². The van der Waals surface area contributed by atoms with Crippen molar-refractivity contribution in [3.8, 4) is 17.5 Å². The van der Waals surface area contributed by atoms with Gasteiger partial charge in [0, 0.05) is 24.9 Å². The van der Waals surface area contributed by atoms with E-state index in [0.717, 1.165) is 22.5 Å². The molecule has 3 aromatic rings. The second kappa shape index (κ2) is 11.0. The monoisotopic (exact) mass is 429 g/mol. The molecular weight excluding hydrogens is 406 g/mol. The van der Waals surface area contributed by atoms with Gasteiger partial charge < -0.3 is 14.6 Å². The molecule has 8 nitrogen and oxygen atoms in total. The average molecular weight is 429 g/mol. The van der Waals surface area contributed by atoms with Gasteiger partial charge in [0.2, 0.25) is 11.8 Å². The summed E-state index contributed by atoms with van der Waals surface area (Å²) in [5.41, 5.74) is 4.63. The zero-order valence-corrected chi connectivity index (χ0v) is 17.3. The van der Waals surface area contributed by atoms with Crippen molar-refractivity contribution in [1.29, 1.82) is 0 Å². The molecule has 3 N–H and O–H groups in total. The Morgan fingerprint density at radius 1 is 1.17 bits per heavy atom. The fourth-order valence-corrected chi connectivity index (χ4v) is 3.28. The van der Waals surface area contributed by atoms with Crippen LogP contribution in [0.2, 0.25) is 0 Å². The lowest BCUT2D eigenvalue weighted by molar-refractivity contribution is 0.0484. The molecule has 3 rings (SSSR count). The minimum absolute atomic E-state index is 0.0668. The molecule has 0 aliphatic carbocycles. The predicted molar refractivity (Wildman–Crippen MR) is 115 cm³/mol. The number of ether oxygens (including phenoxy) is 2. The minimum Gasteiger partial charge on any atom is -0.494 e. The molecule has 0 amide bonds. The van der Waals surface area contributed by atoms with Crippen LogP contribution < -0.4 is 19.8 Å². The maximum absolute atomic E-state index is 11.2. The summed E-state index contributed by atoms with van der Waals surface area (Å²) in [6.07, 6.45) is 5.71. The van der Waals surface area contributed by atoms with E-state index < -0.39 is 0 Å². The molecule has 9 heteroatoms. The zero-order valence-electron chi connectivity index (χ0n) is 16.5. The van der Waals surface area contributed by atoms with Gasteiger partial charge in [-0.1, -0.05) is 23.5 Å². The molecule has 0 saturated heterocycles. The van der Waals surface area contributed by atoms with Crippen molar-refractivity contribution >= 4 is 17.4 Å². The number of hydrogen-bond donors (Lipinski definition) is 3. The third-order valence-corrected chi connectivity index (χ3v) is 4.79. The number of benzene rings is 1. The van der Waals surface area contributed by atoms with Crippen molar-refractivity contribution in [2.24, 2.45) is 0 Å². The summed E-state index contributed by atoms with van der Waals surface area (Å²) in [7, 11) is 0. The first-order chi connectivity index (χ1) is 14.6. The highest BCUT2D eigenvalue weighted by atomic mass is 32.1. The predicted octanol–water partition coefficient (Wildman–Crippen LogP) is 3.10. The van der Waals surface area contributed by atoms with Gasteiger partial charge in [-0.05, 0) is 42.3 Å². The van der Waals surface area contributed by atoms with Crippen molar-refractivity contribution in [2.45, 2.75) is 13.3 Å². The van der Waals surface area contributed by atoms with Gasteiger partial charge in [-0.15, -0.1) is 0 Å². The topological polar surface area (TPSA) is 106 Å². The molecule has 30 heavy (non-hydrogen) atoms. The van der Waals surface area contributed by atoms with Crippen LogP contribution in [0.4, 0.5) is 0 Å². The van der Waals surface area contributed by atoms with Gasteiger partial charge in [-0.3, -0.25) is 20.1 Å². The number of thiazole rings is 1. The van der Waals surface area contributed by atoms with E-state index in [1.54, 1.807) is 12.4 Å². The van der Waals surface area contributed by atoms with Crippen LogP contribution in [0.25, 0.3) is 6.08 Å². The van der Waals surface area contributed by atoms with Gasteiger partial charge >= 0.3 is 4.87 Å². The van der Waals surface area contributed by atoms with Gasteiger partial charge in [0.05, 0.1) is 11.5 Å². The summed E-state index contributed by atoms with van der Waals surface area (Å²) in [5, 5.41) is 9.64. The molecule has 0 radical (unpaired) electrons. The lowest BCUT2D eigenvalue weighted by Crippen LogP contribution is -2.13. The maximum atomic E-state index is 11.2. The SMILES string of the molecule is CCOc1ccc(C=CNOCCOc2ccc(Cc3sc(=O)[nH]c3O)cc2)cn1. The molecular formula is C21H23N3O5S. The van der Waals surface area contributed by atoms with E-state index >= 15 is 0 Å². The van der Waals surface area contributed by atoms with E-state index in [1.165, 1.54) is 0 Å². The highest BCUT2D eigenvalue weighted by molar-refractivity contribution is 7.09. The molecule has 0 bridgehead atoms. The first-order valence-electron chi connectivity index (χ1n) is 9.39. The number of hydrogen-bond acceptors (Lipinski definition) is 8. The number of nitrogens with one attached hydrogen (secondary N) is 2. The van der Waals surface area contributed by atoms with E-state index in [4.69, 9.17) is 14.3 Å². The Balaban J connectivity index is 1.33. The maximum Gasteiger partial charge on any atom is 0.307 e. The van der Waals surface area contributed by atoms with Crippen LogP contribution in [0.3, 0.4) is 0 Å². The van der Waals surface area contributed by atoms with Crippen molar-refractivity contribution < 1.29 is 19.4 Å². The van der Waals surface area contributed by atoms with Gasteiger partial charge in [0.15, 0.2) is 0 Å². The van der Waals surface area contributed by atoms with Gasteiger partial charge in [0.1, 0.15) is 19.0 Å². The minimum atomic E-state index is -0.262. The van der Waals surface area contributed by atoms with Crippen LogP contribution in [0, 0.1) is 0 Å². The Bertz CT molecular complexity index is 997. The number of hydroxylamine groups is 1. The van der Waals surface area contributed by atoms with Crippen LogP contribution in [-0.4, -0.2) is 34.9 Å². The van der Waals surface area contributed by atoms with Crippen molar-refractivity contribution in [2.75, 3.05) is 19.8 Å². The summed E-state index contributed by atoms with van der Waals surface area (Å²) < 4.78 is 10.9. The van der Waals surface area contributed by atoms with E-state index in [2.05, 4.69) is 15.4 Å². The molecule has 0 spiro atoms. The Morgan fingerprint density at radius 2 is 2.00 bits per heavy atom. The van der Waals surface area contributed by atoms with Crippen LogP contribution in [0.1, 0.15) is 22.9 Å². The number of aromatic hydroxyl groups is 1. The van der Waals surface area contributed by atoms with E-state index in [1.807, 2.05) is 49.4 Å². The Labute approximate surface area is 177 Å². The van der Waals surface area contributed by atoms with Crippen molar-refractivity contribution in [3.63, 3.8) is 0 Å². The number of H-pyrrole nitrogens is 1. The number of aromatic amines is 1. The van der Waals surface area contributed by atoms with Crippen molar-refractivity contribution in [3.05, 3.63) is 74.5 Å². The zero-order chi connectivity index (χ0) is 21.2.